The number of fused-ring (bicyclic) bond motifs is 4. The van der Waals surface area contributed by atoms with Gasteiger partial charge in [0.25, 0.3) is 5.91 Å². The fourth-order valence-electron chi connectivity index (χ4n) is 5.29. The molecule has 5 atom stereocenters. The van der Waals surface area contributed by atoms with Crippen LogP contribution in [0.2, 0.25) is 0 Å². The van der Waals surface area contributed by atoms with Crippen LogP contribution in [0.3, 0.4) is 0 Å². The Morgan fingerprint density at radius 2 is 1.56 bits per heavy atom. The van der Waals surface area contributed by atoms with E-state index in [4.69, 9.17) is 28.7 Å². The van der Waals surface area contributed by atoms with Crippen molar-refractivity contribution in [2.24, 2.45) is 0 Å². The summed E-state index contributed by atoms with van der Waals surface area (Å²) in [6, 6.07) is 18.1. The highest BCUT2D eigenvalue weighted by Crippen LogP contribution is 2.44. The largest absolute Gasteiger partial charge is 0.347 e. The molecule has 0 bridgehead atoms. The number of imidazole rings is 1. The van der Waals surface area contributed by atoms with Gasteiger partial charge in [-0.3, -0.25) is 4.79 Å². The van der Waals surface area contributed by atoms with E-state index in [9.17, 15) is 4.79 Å². The molecule has 3 saturated heterocycles. The predicted octanol–water partition coefficient (Wildman–Crippen LogP) is 3.10. The molecule has 0 saturated carbocycles. The Kier molecular flexibility index (Phi) is 5.66. The van der Waals surface area contributed by atoms with Crippen molar-refractivity contribution < 1.29 is 28.5 Å². The number of nitrogens with one attached hydrogen (secondary N) is 1. The van der Waals surface area contributed by atoms with Gasteiger partial charge in [-0.1, -0.05) is 42.5 Å². The average Bonchev–Trinajstić information content (AvgIpc) is 3.46. The second-order valence-corrected chi connectivity index (χ2v) is 10.4. The first-order valence-corrected chi connectivity index (χ1v) is 12.3. The predicted molar refractivity (Wildman–Crippen MR) is 130 cm³/mol. The van der Waals surface area contributed by atoms with Gasteiger partial charge < -0.3 is 33.6 Å². The Labute approximate surface area is 209 Å². The molecule has 1 N–H and O–H groups in total. The van der Waals surface area contributed by atoms with Gasteiger partial charge in [0.1, 0.15) is 24.1 Å². The first-order chi connectivity index (χ1) is 17.2. The zero-order chi connectivity index (χ0) is 25.1. The van der Waals surface area contributed by atoms with E-state index in [0.29, 0.717) is 6.54 Å². The molecule has 6 rings (SSSR count). The van der Waals surface area contributed by atoms with Gasteiger partial charge >= 0.3 is 0 Å². The third-order valence-electron chi connectivity index (χ3n) is 6.75. The number of amides is 1. The Morgan fingerprint density at radius 1 is 0.889 bits per heavy atom. The van der Waals surface area contributed by atoms with E-state index >= 15 is 0 Å². The summed E-state index contributed by atoms with van der Waals surface area (Å²) in [5, 5.41) is 3.02. The molecule has 5 unspecified atom stereocenters. The number of rotatable bonds is 5. The zero-order valence-corrected chi connectivity index (χ0v) is 20.8. The highest BCUT2D eigenvalue weighted by molar-refractivity contribution is 5.82. The lowest BCUT2D eigenvalue weighted by Gasteiger charge is -2.36. The van der Waals surface area contributed by atoms with Crippen LogP contribution in [0.4, 0.5) is 0 Å². The number of para-hydroxylation sites is 2. The third-order valence-corrected chi connectivity index (χ3v) is 6.75. The second kappa shape index (κ2) is 8.64. The van der Waals surface area contributed by atoms with Crippen molar-refractivity contribution in [2.45, 2.75) is 83.1 Å². The van der Waals surface area contributed by atoms with Crippen molar-refractivity contribution in [1.82, 2.24) is 14.9 Å². The molecule has 9 heteroatoms. The van der Waals surface area contributed by atoms with E-state index in [0.717, 1.165) is 22.4 Å². The van der Waals surface area contributed by atoms with E-state index in [1.807, 2.05) is 70.2 Å². The number of nitrogens with zero attached hydrogens (tertiary/aromatic N) is 2. The van der Waals surface area contributed by atoms with Crippen molar-refractivity contribution in [3.63, 3.8) is 0 Å². The summed E-state index contributed by atoms with van der Waals surface area (Å²) in [5.41, 5.74) is 3.04. The fraction of sp³-hybridized carbons (Fsp3) is 0.481. The summed E-state index contributed by atoms with van der Waals surface area (Å²) in [6.45, 7) is 8.16. The van der Waals surface area contributed by atoms with Gasteiger partial charge in [-0.2, -0.15) is 0 Å². The maximum absolute atomic E-state index is 13.5. The molecule has 1 amide bonds. The minimum Gasteiger partial charge on any atom is -0.347 e. The molecule has 4 heterocycles. The van der Waals surface area contributed by atoms with E-state index in [1.54, 1.807) is 0 Å². The van der Waals surface area contributed by atoms with Crippen molar-refractivity contribution in [2.75, 3.05) is 0 Å². The van der Waals surface area contributed by atoms with Crippen LogP contribution in [-0.4, -0.2) is 57.7 Å². The Morgan fingerprint density at radius 3 is 2.36 bits per heavy atom. The monoisotopic (exact) mass is 493 g/mol. The third kappa shape index (κ3) is 4.31. The number of hydrogen-bond acceptors (Lipinski definition) is 7. The number of aromatic nitrogens is 2. The van der Waals surface area contributed by atoms with Crippen LogP contribution in [0, 0.1) is 0 Å². The molecule has 0 spiro atoms. The summed E-state index contributed by atoms with van der Waals surface area (Å²) in [7, 11) is 0. The quantitative estimate of drug-likeness (QED) is 0.584. The van der Waals surface area contributed by atoms with Gasteiger partial charge in [-0.25, -0.2) is 4.98 Å². The van der Waals surface area contributed by atoms with Gasteiger partial charge in [-0.05, 0) is 45.4 Å². The smallest absolute Gasteiger partial charge is 0.252 e. The van der Waals surface area contributed by atoms with Gasteiger partial charge in [-0.15, -0.1) is 0 Å². The number of carbonyl (C=O) groups excluding carboxylic acids is 1. The fourth-order valence-corrected chi connectivity index (χ4v) is 5.29. The summed E-state index contributed by atoms with van der Waals surface area (Å²) < 4.78 is 32.4. The number of carbonyl (C=O) groups is 1. The zero-order valence-electron chi connectivity index (χ0n) is 20.8. The summed E-state index contributed by atoms with van der Waals surface area (Å²) in [5.74, 6) is -1.27. The molecular formula is C27H31N3O6. The molecule has 3 aliphatic rings. The van der Waals surface area contributed by atoms with Crippen LogP contribution in [0.5, 0.6) is 0 Å². The molecule has 9 nitrogen and oxygen atoms in total. The lowest BCUT2D eigenvalue weighted by molar-refractivity contribution is -0.231. The van der Waals surface area contributed by atoms with E-state index in [2.05, 4.69) is 22.0 Å². The van der Waals surface area contributed by atoms with Crippen LogP contribution in [-0.2, 0) is 41.6 Å². The highest BCUT2D eigenvalue weighted by Gasteiger charge is 2.62. The van der Waals surface area contributed by atoms with E-state index in [-0.39, 0.29) is 12.5 Å². The molecule has 2 aromatic carbocycles. The van der Waals surface area contributed by atoms with Gasteiger partial charge in [0.05, 0.1) is 17.6 Å². The first kappa shape index (κ1) is 23.6. The molecule has 3 fully saturated rings. The molecule has 36 heavy (non-hydrogen) atoms. The minimum atomic E-state index is -0.914. The SMILES string of the molecule is CC1(C)OC2OC(C(=O)NCc3nc4ccccc4n3Cc3ccccc3)C3OC(C)(C)OC3C2O1. The van der Waals surface area contributed by atoms with Crippen molar-refractivity contribution >= 4 is 16.9 Å². The summed E-state index contributed by atoms with van der Waals surface area (Å²) in [6.07, 6.45) is -3.23. The van der Waals surface area contributed by atoms with Crippen LogP contribution in [0.25, 0.3) is 11.0 Å². The molecule has 1 aromatic heterocycles. The van der Waals surface area contributed by atoms with Crippen LogP contribution in [0.1, 0.15) is 39.1 Å². The molecule has 3 aromatic rings. The topological polar surface area (TPSA) is 93.1 Å². The van der Waals surface area contributed by atoms with E-state index in [1.165, 1.54) is 0 Å². The van der Waals surface area contributed by atoms with Gasteiger partial charge in [0.15, 0.2) is 24.0 Å². The molecular weight excluding hydrogens is 462 g/mol. The van der Waals surface area contributed by atoms with Crippen LogP contribution >= 0.6 is 0 Å². The van der Waals surface area contributed by atoms with Crippen LogP contribution in [0.15, 0.2) is 54.6 Å². The second-order valence-electron chi connectivity index (χ2n) is 10.4. The first-order valence-electron chi connectivity index (χ1n) is 12.3. The van der Waals surface area contributed by atoms with Crippen molar-refractivity contribution in [1.29, 1.82) is 0 Å². The maximum Gasteiger partial charge on any atom is 0.252 e. The molecule has 190 valence electrons. The summed E-state index contributed by atoms with van der Waals surface area (Å²) in [4.78, 5) is 18.2. The van der Waals surface area contributed by atoms with Crippen molar-refractivity contribution in [3.8, 4) is 0 Å². The number of hydrogen-bond donors (Lipinski definition) is 1. The highest BCUT2D eigenvalue weighted by atomic mass is 16.9. The van der Waals surface area contributed by atoms with E-state index < -0.39 is 42.3 Å². The average molecular weight is 494 g/mol. The number of ether oxygens (including phenoxy) is 5. The number of benzene rings is 2. The van der Waals surface area contributed by atoms with Gasteiger partial charge in [0, 0.05) is 6.54 Å². The Hall–Kier alpha value is -2.82. The Balaban J connectivity index is 1.23. The van der Waals surface area contributed by atoms with Crippen molar-refractivity contribution in [3.05, 3.63) is 66.0 Å². The standard InChI is InChI=1S/C27H31N3O6/c1-26(2)33-20-21(34-26)23-25(36-27(3,4)35-23)32-22(20)24(31)28-14-19-29-17-12-8-9-13-18(17)30(19)15-16-10-6-5-7-11-16/h5-13,20-23,25H,14-15H2,1-4H3,(H,28,31). The molecule has 3 aliphatic heterocycles. The minimum absolute atomic E-state index is 0.235. The molecule has 0 radical (unpaired) electrons. The maximum atomic E-state index is 13.5. The normalized spacial score (nSPS) is 30.2. The summed E-state index contributed by atoms with van der Waals surface area (Å²) >= 11 is 0. The lowest BCUT2D eigenvalue weighted by Crippen LogP contribution is -2.59. The Bertz CT molecular complexity index is 1270. The lowest BCUT2D eigenvalue weighted by atomic mass is 9.98. The van der Waals surface area contributed by atoms with Crippen LogP contribution < -0.4 is 5.32 Å². The molecule has 0 aliphatic carbocycles. The van der Waals surface area contributed by atoms with Gasteiger partial charge in [0.2, 0.25) is 0 Å².